The average molecular weight is 596 g/mol. The van der Waals surface area contributed by atoms with Gasteiger partial charge in [-0.05, 0) is 83.0 Å². The van der Waals surface area contributed by atoms with E-state index in [0.29, 0.717) is 11.3 Å². The Labute approximate surface area is 270 Å². The normalized spacial score (nSPS) is 11.8. The van der Waals surface area contributed by atoms with Crippen LogP contribution in [0.1, 0.15) is 0 Å². The summed E-state index contributed by atoms with van der Waals surface area (Å²) in [5.41, 5.74) is 8.96. The number of furan rings is 1. The highest BCUT2D eigenvalue weighted by molar-refractivity contribution is 6.27. The van der Waals surface area contributed by atoms with Gasteiger partial charge in [0.25, 0.3) is 0 Å². The van der Waals surface area contributed by atoms with Crippen molar-refractivity contribution in [2.45, 2.75) is 0 Å². The molecule has 216 valence electrons. The molecule has 10 aromatic rings. The quantitative estimate of drug-likeness (QED) is 0.147. The van der Waals surface area contributed by atoms with Gasteiger partial charge < -0.3 is 4.42 Å². The third kappa shape index (κ3) is 3.78. The van der Waals surface area contributed by atoms with Crippen LogP contribution in [-0.2, 0) is 0 Å². The first-order valence-corrected chi connectivity index (χ1v) is 15.9. The Hall–Kier alpha value is -6.43. The van der Waals surface area contributed by atoms with E-state index in [4.69, 9.17) is 11.0 Å². The van der Waals surface area contributed by atoms with Gasteiger partial charge in [-0.3, -0.25) is 0 Å². The average Bonchev–Trinajstić information content (AvgIpc) is 3.53. The van der Waals surface area contributed by atoms with Crippen LogP contribution in [0.4, 0.5) is 5.69 Å². The van der Waals surface area contributed by atoms with Gasteiger partial charge in [-0.25, -0.2) is 4.85 Å². The van der Waals surface area contributed by atoms with Crippen LogP contribution in [0.5, 0.6) is 0 Å². The van der Waals surface area contributed by atoms with Crippen LogP contribution < -0.4 is 0 Å². The zero-order valence-corrected chi connectivity index (χ0v) is 25.3. The van der Waals surface area contributed by atoms with Crippen molar-refractivity contribution in [3.8, 4) is 33.4 Å². The van der Waals surface area contributed by atoms with Gasteiger partial charge in [0.05, 0.1) is 6.57 Å². The molecule has 2 nitrogen and oxygen atoms in total. The number of fused-ring (bicyclic) bond motifs is 4. The van der Waals surface area contributed by atoms with Gasteiger partial charge in [-0.1, -0.05) is 140 Å². The predicted octanol–water partition coefficient (Wildman–Crippen LogP) is 13.2. The highest BCUT2D eigenvalue weighted by Gasteiger charge is 2.17. The fraction of sp³-hybridized carbons (Fsp3) is 0. The summed E-state index contributed by atoms with van der Waals surface area (Å²) >= 11 is 0. The van der Waals surface area contributed by atoms with Crippen LogP contribution in [0.15, 0.2) is 156 Å². The number of hydrogen-bond donors (Lipinski definition) is 0. The Morgan fingerprint density at radius 3 is 1.68 bits per heavy atom. The lowest BCUT2D eigenvalue weighted by Crippen LogP contribution is -1.90. The smallest absolute Gasteiger partial charge is 0.229 e. The first-order chi connectivity index (χ1) is 23.2. The van der Waals surface area contributed by atoms with Gasteiger partial charge in [0.15, 0.2) is 0 Å². The van der Waals surface area contributed by atoms with Crippen molar-refractivity contribution in [2.24, 2.45) is 0 Å². The fourth-order valence-corrected chi connectivity index (χ4v) is 7.64. The lowest BCUT2D eigenvalue weighted by atomic mass is 9.86. The van der Waals surface area contributed by atoms with Gasteiger partial charge in [-0.2, -0.15) is 0 Å². The molecule has 2 heteroatoms. The van der Waals surface area contributed by atoms with Crippen molar-refractivity contribution < 1.29 is 4.42 Å². The maximum atomic E-state index is 7.63. The summed E-state index contributed by atoms with van der Waals surface area (Å²) in [5.74, 6) is 0. The molecule has 0 aliphatic heterocycles. The molecule has 0 spiro atoms. The van der Waals surface area contributed by atoms with E-state index in [1.807, 2.05) is 18.2 Å². The number of para-hydroxylation sites is 2. The standard InChI is InChI=1S/C45H25NO/c1-46-41-14-6-13-40-39-12-5-11-36(44(39)47-45(40)41)32-10-4-9-31(26-32)34-21-17-28-20-24-38-35(22-18-29-19-23-37(34)42(28)43(29)38)33-16-15-27-7-2-3-8-30(27)25-33/h2-26H. The molecule has 0 aliphatic carbocycles. The molecule has 0 radical (unpaired) electrons. The molecule has 0 bridgehead atoms. The van der Waals surface area contributed by atoms with Crippen molar-refractivity contribution in [1.82, 2.24) is 0 Å². The lowest BCUT2D eigenvalue weighted by molar-refractivity contribution is 0.672. The van der Waals surface area contributed by atoms with E-state index in [9.17, 15) is 0 Å². The van der Waals surface area contributed by atoms with Gasteiger partial charge in [0, 0.05) is 16.3 Å². The molecular formula is C45H25NO. The fourth-order valence-electron chi connectivity index (χ4n) is 7.64. The van der Waals surface area contributed by atoms with E-state index in [0.717, 1.165) is 33.0 Å². The van der Waals surface area contributed by atoms with Crippen LogP contribution in [0.2, 0.25) is 0 Å². The van der Waals surface area contributed by atoms with Crippen molar-refractivity contribution in [2.75, 3.05) is 0 Å². The molecule has 0 saturated carbocycles. The van der Waals surface area contributed by atoms with Crippen molar-refractivity contribution in [1.29, 1.82) is 0 Å². The Balaban J connectivity index is 1.17. The third-order valence-electron chi connectivity index (χ3n) is 9.83. The highest BCUT2D eigenvalue weighted by Crippen LogP contribution is 2.44. The van der Waals surface area contributed by atoms with Crippen LogP contribution in [-0.4, -0.2) is 0 Å². The van der Waals surface area contributed by atoms with E-state index in [1.54, 1.807) is 0 Å². The van der Waals surface area contributed by atoms with Crippen molar-refractivity contribution in [3.05, 3.63) is 163 Å². The second kappa shape index (κ2) is 9.78. The number of benzene rings is 9. The van der Waals surface area contributed by atoms with Gasteiger partial charge in [0.1, 0.15) is 11.2 Å². The molecule has 1 heterocycles. The SMILES string of the molecule is [C-]#[N+]c1cccc2c1oc1c(-c3cccc(-c4ccc5ccc6c(-c7ccc8ccccc8c7)ccc7ccc4c5c76)c3)cccc12. The minimum Gasteiger partial charge on any atom is -0.466 e. The van der Waals surface area contributed by atoms with Crippen molar-refractivity contribution in [3.63, 3.8) is 0 Å². The summed E-state index contributed by atoms with van der Waals surface area (Å²) in [6, 6.07) is 54.3. The predicted molar refractivity (Wildman–Crippen MR) is 197 cm³/mol. The van der Waals surface area contributed by atoms with E-state index in [1.165, 1.54) is 59.8 Å². The van der Waals surface area contributed by atoms with Gasteiger partial charge in [0.2, 0.25) is 5.69 Å². The monoisotopic (exact) mass is 595 g/mol. The summed E-state index contributed by atoms with van der Waals surface area (Å²) in [7, 11) is 0. The number of hydrogen-bond acceptors (Lipinski definition) is 1. The topological polar surface area (TPSA) is 17.5 Å². The Kier molecular flexibility index (Phi) is 5.38. The zero-order valence-electron chi connectivity index (χ0n) is 25.3. The van der Waals surface area contributed by atoms with E-state index in [2.05, 4.69) is 138 Å². The Bertz CT molecular complexity index is 2920. The van der Waals surface area contributed by atoms with E-state index >= 15 is 0 Å². The summed E-state index contributed by atoms with van der Waals surface area (Å²) in [4.78, 5) is 3.70. The van der Waals surface area contributed by atoms with Gasteiger partial charge in [-0.15, -0.1) is 0 Å². The van der Waals surface area contributed by atoms with E-state index < -0.39 is 0 Å². The first-order valence-electron chi connectivity index (χ1n) is 15.9. The maximum absolute atomic E-state index is 7.63. The van der Waals surface area contributed by atoms with Crippen LogP contribution in [0.3, 0.4) is 0 Å². The molecule has 0 saturated heterocycles. The summed E-state index contributed by atoms with van der Waals surface area (Å²) in [6.45, 7) is 7.63. The maximum Gasteiger partial charge on any atom is 0.229 e. The Morgan fingerprint density at radius 2 is 0.957 bits per heavy atom. The molecule has 0 amide bonds. The first kappa shape index (κ1) is 25.9. The molecule has 0 atom stereocenters. The molecular weight excluding hydrogens is 571 g/mol. The van der Waals surface area contributed by atoms with E-state index in [-0.39, 0.29) is 0 Å². The second-order valence-corrected chi connectivity index (χ2v) is 12.3. The molecule has 0 aliphatic rings. The van der Waals surface area contributed by atoms with Gasteiger partial charge >= 0.3 is 0 Å². The zero-order chi connectivity index (χ0) is 31.1. The Morgan fingerprint density at radius 1 is 0.383 bits per heavy atom. The molecule has 47 heavy (non-hydrogen) atoms. The third-order valence-corrected chi connectivity index (χ3v) is 9.83. The highest BCUT2D eigenvalue weighted by atomic mass is 16.3. The second-order valence-electron chi connectivity index (χ2n) is 12.3. The van der Waals surface area contributed by atoms with Crippen LogP contribution >= 0.6 is 0 Å². The molecule has 9 aromatic carbocycles. The lowest BCUT2D eigenvalue weighted by Gasteiger charge is -2.17. The summed E-state index contributed by atoms with van der Waals surface area (Å²) in [5, 5.41) is 12.1. The molecule has 0 fully saturated rings. The molecule has 1 aromatic heterocycles. The minimum absolute atomic E-state index is 0.538. The van der Waals surface area contributed by atoms with Crippen LogP contribution in [0, 0.1) is 6.57 Å². The number of nitrogens with zero attached hydrogens (tertiary/aromatic N) is 1. The minimum atomic E-state index is 0.538. The molecule has 0 N–H and O–H groups in total. The summed E-state index contributed by atoms with van der Waals surface area (Å²) in [6.07, 6.45) is 0. The van der Waals surface area contributed by atoms with Crippen molar-refractivity contribution >= 4 is 70.7 Å². The van der Waals surface area contributed by atoms with Crippen LogP contribution in [0.25, 0.3) is 103 Å². The molecule has 10 rings (SSSR count). The largest absolute Gasteiger partial charge is 0.466 e. The number of rotatable bonds is 3. The molecule has 0 unspecified atom stereocenters. The summed E-state index contributed by atoms with van der Waals surface area (Å²) < 4.78 is 6.41.